The van der Waals surface area contributed by atoms with E-state index in [4.69, 9.17) is 0 Å². The summed E-state index contributed by atoms with van der Waals surface area (Å²) in [6.45, 7) is 1.62. The van der Waals surface area contributed by atoms with Crippen LogP contribution in [0.15, 0.2) is 45.8 Å². The van der Waals surface area contributed by atoms with Crippen molar-refractivity contribution in [1.29, 1.82) is 0 Å². The van der Waals surface area contributed by atoms with Crippen molar-refractivity contribution in [1.82, 2.24) is 4.90 Å². The Hall–Kier alpha value is -1.59. The number of carbonyl (C=O) groups is 1. The molecule has 0 unspecified atom stereocenters. The maximum atomic E-state index is 12.7. The molecule has 1 N–H and O–H groups in total. The van der Waals surface area contributed by atoms with E-state index in [1.807, 2.05) is 24.4 Å². The smallest absolute Gasteiger partial charge is 0.208 e. The van der Waals surface area contributed by atoms with E-state index in [-0.39, 0.29) is 12.4 Å². The van der Waals surface area contributed by atoms with Gasteiger partial charge in [0.1, 0.15) is 5.70 Å². The molecule has 0 atom stereocenters. The Morgan fingerprint density at radius 2 is 2.00 bits per heavy atom. The number of ketones is 1. The van der Waals surface area contributed by atoms with Gasteiger partial charge in [-0.25, -0.2) is 0 Å². The monoisotopic (exact) mass is 374 g/mol. The van der Waals surface area contributed by atoms with Crippen LogP contribution < -0.4 is 4.90 Å². The first-order valence-electron chi connectivity index (χ1n) is 8.11. The number of hydrogen-bond donors (Lipinski definition) is 1. The first-order chi connectivity index (χ1) is 11.2. The Morgan fingerprint density at radius 1 is 1.17 bits per heavy atom. The standard InChI is InChI=1S/C18H19BrN2O2/c19-14-5-3-7-15(13(14)11-22)20-8-9-21-16-6-2-1-4-12(16)18(23)17(21)10-20/h3,5,7,10,22H,1-2,4,6,8-9,11H2. The minimum atomic E-state index is -0.0250. The van der Waals surface area contributed by atoms with Crippen molar-refractivity contribution in [2.24, 2.45) is 0 Å². The number of anilines is 1. The second-order valence-corrected chi connectivity index (χ2v) is 7.07. The van der Waals surface area contributed by atoms with Crippen LogP contribution in [0.5, 0.6) is 0 Å². The van der Waals surface area contributed by atoms with Crippen LogP contribution >= 0.6 is 15.9 Å². The predicted octanol–water partition coefficient (Wildman–Crippen LogP) is 3.32. The molecule has 3 aliphatic rings. The van der Waals surface area contributed by atoms with Crippen molar-refractivity contribution in [2.75, 3.05) is 18.0 Å². The van der Waals surface area contributed by atoms with Crippen molar-refractivity contribution in [3.63, 3.8) is 0 Å². The van der Waals surface area contributed by atoms with Gasteiger partial charge in [0.2, 0.25) is 5.78 Å². The van der Waals surface area contributed by atoms with E-state index in [1.54, 1.807) is 0 Å². The van der Waals surface area contributed by atoms with E-state index in [0.29, 0.717) is 0 Å². The molecule has 1 aromatic carbocycles. The zero-order valence-electron chi connectivity index (χ0n) is 12.9. The lowest BCUT2D eigenvalue weighted by Gasteiger charge is -2.34. The highest BCUT2D eigenvalue weighted by Gasteiger charge is 2.38. The van der Waals surface area contributed by atoms with Crippen molar-refractivity contribution < 1.29 is 9.90 Å². The van der Waals surface area contributed by atoms with E-state index >= 15 is 0 Å². The number of carbonyl (C=O) groups excluding carboxylic acids is 1. The molecule has 5 heteroatoms. The predicted molar refractivity (Wildman–Crippen MR) is 92.7 cm³/mol. The second-order valence-electron chi connectivity index (χ2n) is 6.22. The van der Waals surface area contributed by atoms with Crippen LogP contribution in [0.2, 0.25) is 0 Å². The lowest BCUT2D eigenvalue weighted by atomic mass is 9.96. The van der Waals surface area contributed by atoms with Gasteiger partial charge in [-0.15, -0.1) is 0 Å². The third-order valence-corrected chi connectivity index (χ3v) is 5.71. The zero-order chi connectivity index (χ0) is 16.0. The number of nitrogens with zero attached hydrogens (tertiary/aromatic N) is 2. The molecule has 1 aromatic rings. The Morgan fingerprint density at radius 3 is 2.83 bits per heavy atom. The van der Waals surface area contributed by atoms with Crippen LogP contribution in [0.1, 0.15) is 31.2 Å². The second kappa shape index (κ2) is 5.80. The third-order valence-electron chi connectivity index (χ3n) is 4.97. The summed E-state index contributed by atoms with van der Waals surface area (Å²) < 4.78 is 0.897. The van der Waals surface area contributed by atoms with Gasteiger partial charge in [-0.05, 0) is 37.8 Å². The maximum Gasteiger partial charge on any atom is 0.208 e. The zero-order valence-corrected chi connectivity index (χ0v) is 14.5. The quantitative estimate of drug-likeness (QED) is 0.862. The number of Topliss-reactive ketones (excluding diaryl/α,β-unsaturated/α-hetero) is 1. The van der Waals surface area contributed by atoms with Crippen molar-refractivity contribution in [3.05, 3.63) is 51.4 Å². The van der Waals surface area contributed by atoms with Gasteiger partial charge in [0.25, 0.3) is 0 Å². The fraction of sp³-hybridized carbons (Fsp3) is 0.389. The molecule has 0 aromatic heterocycles. The van der Waals surface area contributed by atoms with E-state index < -0.39 is 0 Å². The van der Waals surface area contributed by atoms with Crippen LogP contribution in [0, 0.1) is 0 Å². The first kappa shape index (κ1) is 15.0. The topological polar surface area (TPSA) is 43.8 Å². The number of aliphatic hydroxyl groups is 1. The molecule has 120 valence electrons. The summed E-state index contributed by atoms with van der Waals surface area (Å²) in [5.74, 6) is 0.199. The number of halogens is 1. The molecule has 0 radical (unpaired) electrons. The van der Waals surface area contributed by atoms with Crippen LogP contribution in [-0.2, 0) is 11.4 Å². The maximum absolute atomic E-state index is 12.7. The van der Waals surface area contributed by atoms with Gasteiger partial charge >= 0.3 is 0 Å². The molecule has 2 heterocycles. The molecule has 4 nitrogen and oxygen atoms in total. The number of hydrogen-bond acceptors (Lipinski definition) is 4. The molecule has 0 bridgehead atoms. The first-order valence-corrected chi connectivity index (χ1v) is 8.91. The molecule has 23 heavy (non-hydrogen) atoms. The number of allylic oxidation sites excluding steroid dienone is 2. The van der Waals surface area contributed by atoms with Crippen molar-refractivity contribution in [2.45, 2.75) is 32.3 Å². The van der Waals surface area contributed by atoms with E-state index in [0.717, 1.165) is 59.3 Å². The summed E-state index contributed by atoms with van der Waals surface area (Å²) in [5.41, 5.74) is 4.91. The Kier molecular flexibility index (Phi) is 3.77. The minimum Gasteiger partial charge on any atom is -0.392 e. The molecular formula is C18H19BrN2O2. The molecule has 2 aliphatic heterocycles. The summed E-state index contributed by atoms with van der Waals surface area (Å²) in [4.78, 5) is 17.0. The largest absolute Gasteiger partial charge is 0.392 e. The molecule has 4 rings (SSSR count). The molecule has 0 amide bonds. The molecule has 1 aliphatic carbocycles. The molecule has 0 saturated carbocycles. The van der Waals surface area contributed by atoms with Crippen LogP contribution in [-0.4, -0.2) is 28.9 Å². The molecule has 0 spiro atoms. The number of fused-ring (bicyclic) bond motifs is 2. The number of aliphatic hydroxyl groups excluding tert-OH is 1. The van der Waals surface area contributed by atoms with Crippen molar-refractivity contribution in [3.8, 4) is 0 Å². The lowest BCUT2D eigenvalue weighted by Crippen LogP contribution is -2.37. The van der Waals surface area contributed by atoms with Crippen LogP contribution in [0.3, 0.4) is 0 Å². The van der Waals surface area contributed by atoms with Crippen molar-refractivity contribution >= 4 is 27.4 Å². The number of benzene rings is 1. The van der Waals surface area contributed by atoms with Gasteiger partial charge < -0.3 is 14.9 Å². The van der Waals surface area contributed by atoms with Gasteiger partial charge in [-0.2, -0.15) is 0 Å². The summed E-state index contributed by atoms with van der Waals surface area (Å²) in [6, 6.07) is 5.89. The Labute approximate surface area is 144 Å². The average molecular weight is 375 g/mol. The van der Waals surface area contributed by atoms with Crippen LogP contribution in [0.25, 0.3) is 0 Å². The van der Waals surface area contributed by atoms with Crippen LogP contribution in [0.4, 0.5) is 5.69 Å². The van der Waals surface area contributed by atoms with E-state index in [9.17, 15) is 9.90 Å². The summed E-state index contributed by atoms with van der Waals surface area (Å²) in [7, 11) is 0. The van der Waals surface area contributed by atoms with Gasteiger partial charge in [0.15, 0.2) is 0 Å². The molecule has 0 saturated heterocycles. The Bertz CT molecular complexity index is 739. The van der Waals surface area contributed by atoms with Gasteiger partial charge in [-0.3, -0.25) is 4.79 Å². The van der Waals surface area contributed by atoms with E-state index in [1.165, 1.54) is 12.1 Å². The van der Waals surface area contributed by atoms with Gasteiger partial charge in [0, 0.05) is 46.3 Å². The minimum absolute atomic E-state index is 0.0250. The third kappa shape index (κ3) is 2.34. The van der Waals surface area contributed by atoms with E-state index in [2.05, 4.69) is 25.7 Å². The lowest BCUT2D eigenvalue weighted by molar-refractivity contribution is -0.112. The number of rotatable bonds is 2. The summed E-state index contributed by atoms with van der Waals surface area (Å²) in [6.07, 6.45) is 6.21. The highest BCUT2D eigenvalue weighted by atomic mass is 79.9. The Balaban J connectivity index is 1.72. The average Bonchev–Trinajstić information content (AvgIpc) is 2.87. The highest BCUT2D eigenvalue weighted by Crippen LogP contribution is 2.40. The van der Waals surface area contributed by atoms with Gasteiger partial charge in [0.05, 0.1) is 6.61 Å². The highest BCUT2D eigenvalue weighted by molar-refractivity contribution is 9.10. The van der Waals surface area contributed by atoms with Gasteiger partial charge in [-0.1, -0.05) is 22.0 Å². The molecular weight excluding hydrogens is 356 g/mol. The molecule has 0 fully saturated rings. The summed E-state index contributed by atoms with van der Waals surface area (Å²) >= 11 is 3.50. The SMILES string of the molecule is O=C1C2=CN(c3cccc(Br)c3CO)CCN2C2=C1CCCC2. The summed E-state index contributed by atoms with van der Waals surface area (Å²) in [5, 5.41) is 9.67. The fourth-order valence-corrected chi connectivity index (χ4v) is 4.30. The normalized spacial score (nSPS) is 20.6. The fourth-order valence-electron chi connectivity index (χ4n) is 3.82.